The van der Waals surface area contributed by atoms with Gasteiger partial charge in [0, 0.05) is 30.7 Å². The highest BCUT2D eigenvalue weighted by molar-refractivity contribution is 6.11. The first-order chi connectivity index (χ1) is 13.6. The van der Waals surface area contributed by atoms with Crippen molar-refractivity contribution in [2.75, 3.05) is 38.2 Å². The van der Waals surface area contributed by atoms with E-state index in [0.29, 0.717) is 5.69 Å². The Bertz CT molecular complexity index is 969. The second-order valence-electron chi connectivity index (χ2n) is 7.37. The molecule has 0 bridgehead atoms. The number of nitrogens with zero attached hydrogens (tertiary/aromatic N) is 3. The van der Waals surface area contributed by atoms with Gasteiger partial charge in [0.25, 0.3) is 5.91 Å². The molecule has 0 radical (unpaired) electrons. The fourth-order valence-electron chi connectivity index (χ4n) is 3.76. The van der Waals surface area contributed by atoms with E-state index < -0.39 is 0 Å². The number of ether oxygens (including phenoxy) is 1. The van der Waals surface area contributed by atoms with E-state index in [1.807, 2.05) is 54.9 Å². The number of aromatic nitrogens is 2. The Morgan fingerprint density at radius 3 is 2.54 bits per heavy atom. The van der Waals surface area contributed by atoms with Crippen LogP contribution in [0, 0.1) is 13.8 Å². The standard InChI is InChI=1S/C22H26N4O2/c1-16-13-17(2)15-18(14-16)23-22(27)21-19-5-3-4-6-20(19)26(24-21)8-7-25-9-11-28-12-10-25/h3-6,13-15H,7-12H2,1-2H3,(H,23,27). The fraction of sp³-hybridized carbons (Fsp3) is 0.364. The zero-order valence-electron chi connectivity index (χ0n) is 16.4. The van der Waals surface area contributed by atoms with Crippen LogP contribution in [0.5, 0.6) is 0 Å². The SMILES string of the molecule is Cc1cc(C)cc(NC(=O)c2nn(CCN3CCOCC3)c3ccccc23)c1. The Kier molecular flexibility index (Phi) is 5.41. The average molecular weight is 378 g/mol. The molecule has 1 saturated heterocycles. The van der Waals surface area contributed by atoms with Crippen molar-refractivity contribution in [2.45, 2.75) is 20.4 Å². The van der Waals surface area contributed by atoms with Crippen molar-refractivity contribution >= 4 is 22.5 Å². The number of para-hydroxylation sites is 1. The number of amides is 1. The van der Waals surface area contributed by atoms with E-state index in [1.54, 1.807) is 0 Å². The molecule has 1 aliphatic rings. The second kappa shape index (κ2) is 8.12. The van der Waals surface area contributed by atoms with E-state index in [-0.39, 0.29) is 5.91 Å². The molecule has 1 fully saturated rings. The number of aryl methyl sites for hydroxylation is 2. The predicted molar refractivity (Wildman–Crippen MR) is 111 cm³/mol. The van der Waals surface area contributed by atoms with Gasteiger partial charge in [-0.05, 0) is 43.2 Å². The minimum Gasteiger partial charge on any atom is -0.379 e. The molecule has 2 heterocycles. The number of hydrogen-bond acceptors (Lipinski definition) is 4. The first-order valence-corrected chi connectivity index (χ1v) is 9.75. The lowest BCUT2D eigenvalue weighted by molar-refractivity contribution is 0.0361. The molecular weight excluding hydrogens is 352 g/mol. The topological polar surface area (TPSA) is 59.4 Å². The highest BCUT2D eigenvalue weighted by Crippen LogP contribution is 2.21. The van der Waals surface area contributed by atoms with Crippen molar-refractivity contribution in [2.24, 2.45) is 0 Å². The van der Waals surface area contributed by atoms with Gasteiger partial charge in [-0.3, -0.25) is 14.4 Å². The van der Waals surface area contributed by atoms with Gasteiger partial charge < -0.3 is 10.1 Å². The zero-order chi connectivity index (χ0) is 19.5. The molecule has 28 heavy (non-hydrogen) atoms. The van der Waals surface area contributed by atoms with Crippen LogP contribution in [0.4, 0.5) is 5.69 Å². The third-order valence-electron chi connectivity index (χ3n) is 5.08. The molecule has 2 aromatic carbocycles. The van der Waals surface area contributed by atoms with Crippen LogP contribution < -0.4 is 5.32 Å². The zero-order valence-corrected chi connectivity index (χ0v) is 16.4. The van der Waals surface area contributed by atoms with Crippen molar-refractivity contribution in [1.29, 1.82) is 0 Å². The highest BCUT2D eigenvalue weighted by Gasteiger charge is 2.18. The van der Waals surface area contributed by atoms with Gasteiger partial charge in [-0.15, -0.1) is 0 Å². The summed E-state index contributed by atoms with van der Waals surface area (Å²) >= 11 is 0. The molecule has 0 unspecified atom stereocenters. The second-order valence-corrected chi connectivity index (χ2v) is 7.37. The van der Waals surface area contributed by atoms with Crippen LogP contribution in [0.3, 0.4) is 0 Å². The molecular formula is C22H26N4O2. The quantitative estimate of drug-likeness (QED) is 0.740. The number of carbonyl (C=O) groups excluding carboxylic acids is 1. The van der Waals surface area contributed by atoms with Crippen LogP contribution >= 0.6 is 0 Å². The van der Waals surface area contributed by atoms with Crippen LogP contribution in [0.2, 0.25) is 0 Å². The summed E-state index contributed by atoms with van der Waals surface area (Å²) in [6.07, 6.45) is 0. The maximum Gasteiger partial charge on any atom is 0.276 e. The van der Waals surface area contributed by atoms with Gasteiger partial charge in [-0.25, -0.2) is 0 Å². The van der Waals surface area contributed by atoms with E-state index in [2.05, 4.69) is 21.4 Å². The van der Waals surface area contributed by atoms with Crippen LogP contribution in [-0.2, 0) is 11.3 Å². The van der Waals surface area contributed by atoms with E-state index >= 15 is 0 Å². The summed E-state index contributed by atoms with van der Waals surface area (Å²) in [6.45, 7) is 9.15. The molecule has 6 nitrogen and oxygen atoms in total. The minimum absolute atomic E-state index is 0.175. The molecule has 1 amide bonds. The summed E-state index contributed by atoms with van der Waals surface area (Å²) in [5, 5.41) is 8.55. The van der Waals surface area contributed by atoms with E-state index in [9.17, 15) is 4.79 Å². The first-order valence-electron chi connectivity index (χ1n) is 9.75. The van der Waals surface area contributed by atoms with Gasteiger partial charge >= 0.3 is 0 Å². The molecule has 3 aromatic rings. The van der Waals surface area contributed by atoms with Crippen LogP contribution in [-0.4, -0.2) is 53.4 Å². The number of rotatable bonds is 5. The Morgan fingerprint density at radius 1 is 1.07 bits per heavy atom. The fourth-order valence-corrected chi connectivity index (χ4v) is 3.76. The Morgan fingerprint density at radius 2 is 1.79 bits per heavy atom. The van der Waals surface area contributed by atoms with Gasteiger partial charge in [-0.2, -0.15) is 5.10 Å². The number of hydrogen-bond donors (Lipinski definition) is 1. The first kappa shape index (κ1) is 18.7. The lowest BCUT2D eigenvalue weighted by atomic mass is 10.1. The summed E-state index contributed by atoms with van der Waals surface area (Å²) in [5.41, 5.74) is 4.50. The van der Waals surface area contributed by atoms with E-state index in [4.69, 9.17) is 4.74 Å². The summed E-state index contributed by atoms with van der Waals surface area (Å²) in [7, 11) is 0. The largest absolute Gasteiger partial charge is 0.379 e. The number of benzene rings is 2. The summed E-state index contributed by atoms with van der Waals surface area (Å²) in [5.74, 6) is -0.175. The number of anilines is 1. The van der Waals surface area contributed by atoms with Gasteiger partial charge in [-0.1, -0.05) is 24.3 Å². The lowest BCUT2D eigenvalue weighted by Crippen LogP contribution is -2.38. The van der Waals surface area contributed by atoms with Crippen molar-refractivity contribution < 1.29 is 9.53 Å². The normalized spacial score (nSPS) is 15.1. The summed E-state index contributed by atoms with van der Waals surface area (Å²) < 4.78 is 7.36. The number of carbonyl (C=O) groups is 1. The molecule has 0 atom stereocenters. The molecule has 1 aliphatic heterocycles. The van der Waals surface area contributed by atoms with Crippen molar-refractivity contribution in [3.63, 3.8) is 0 Å². The molecule has 0 aliphatic carbocycles. The highest BCUT2D eigenvalue weighted by atomic mass is 16.5. The van der Waals surface area contributed by atoms with E-state index in [1.165, 1.54) is 0 Å². The molecule has 1 aromatic heterocycles. The van der Waals surface area contributed by atoms with Crippen molar-refractivity contribution in [3.8, 4) is 0 Å². The average Bonchev–Trinajstić information content (AvgIpc) is 3.05. The number of nitrogens with one attached hydrogen (secondary N) is 1. The van der Waals surface area contributed by atoms with Gasteiger partial charge in [0.2, 0.25) is 0 Å². The lowest BCUT2D eigenvalue weighted by Gasteiger charge is -2.26. The van der Waals surface area contributed by atoms with Crippen molar-refractivity contribution in [3.05, 3.63) is 59.3 Å². The molecule has 1 N–H and O–H groups in total. The predicted octanol–water partition coefficient (Wildman–Crippen LogP) is 3.24. The van der Waals surface area contributed by atoms with E-state index in [0.717, 1.165) is 67.1 Å². The number of morpholine rings is 1. The maximum absolute atomic E-state index is 13.0. The number of fused-ring (bicyclic) bond motifs is 1. The monoisotopic (exact) mass is 378 g/mol. The smallest absolute Gasteiger partial charge is 0.276 e. The Labute approximate surface area is 165 Å². The van der Waals surface area contributed by atoms with Crippen LogP contribution in [0.25, 0.3) is 10.9 Å². The van der Waals surface area contributed by atoms with Crippen LogP contribution in [0.15, 0.2) is 42.5 Å². The molecule has 146 valence electrons. The third kappa shape index (κ3) is 4.08. The summed E-state index contributed by atoms with van der Waals surface area (Å²) in [4.78, 5) is 15.3. The Balaban J connectivity index is 1.57. The minimum atomic E-state index is -0.175. The van der Waals surface area contributed by atoms with Gasteiger partial charge in [0.15, 0.2) is 5.69 Å². The van der Waals surface area contributed by atoms with Gasteiger partial charge in [0.1, 0.15) is 0 Å². The maximum atomic E-state index is 13.0. The summed E-state index contributed by atoms with van der Waals surface area (Å²) in [6, 6.07) is 14.0. The van der Waals surface area contributed by atoms with Crippen LogP contribution in [0.1, 0.15) is 21.6 Å². The van der Waals surface area contributed by atoms with Gasteiger partial charge in [0.05, 0.1) is 25.3 Å². The molecule has 4 rings (SSSR count). The third-order valence-corrected chi connectivity index (χ3v) is 5.08. The molecule has 6 heteroatoms. The Hall–Kier alpha value is -2.70. The molecule has 0 spiro atoms. The van der Waals surface area contributed by atoms with Crippen molar-refractivity contribution in [1.82, 2.24) is 14.7 Å². The molecule has 0 saturated carbocycles.